The van der Waals surface area contributed by atoms with Crippen molar-refractivity contribution >= 4 is 34.5 Å². The molecule has 10 heteroatoms. The first-order valence-corrected chi connectivity index (χ1v) is 13.0. The number of hydrogen-bond acceptors (Lipinski definition) is 8. The molecular formula is C28H33N7O3. The number of carbonyl (C=O) groups is 1. The van der Waals surface area contributed by atoms with E-state index in [-0.39, 0.29) is 18.1 Å². The topological polar surface area (TPSA) is 126 Å². The molecule has 2 heterocycles. The van der Waals surface area contributed by atoms with E-state index in [4.69, 9.17) is 14.7 Å². The summed E-state index contributed by atoms with van der Waals surface area (Å²) in [5, 5.41) is 19.6. The molecule has 0 aliphatic heterocycles. The number of nitrogens with zero attached hydrogens (tertiary/aromatic N) is 4. The highest BCUT2D eigenvalue weighted by molar-refractivity contribution is 5.95. The van der Waals surface area contributed by atoms with Crippen molar-refractivity contribution < 1.29 is 14.6 Å². The molecule has 4 N–H and O–H groups in total. The number of carbonyl (C=O) groups excluding carboxylic acids is 1. The third-order valence-electron chi connectivity index (χ3n) is 6.83. The zero-order valence-corrected chi connectivity index (χ0v) is 21.6. The minimum absolute atomic E-state index is 0.172. The maximum atomic E-state index is 12.9. The molecule has 1 aliphatic rings. The van der Waals surface area contributed by atoms with E-state index in [9.17, 15) is 9.90 Å². The van der Waals surface area contributed by atoms with Gasteiger partial charge in [-0.1, -0.05) is 18.2 Å². The summed E-state index contributed by atoms with van der Waals surface area (Å²) < 4.78 is 7.16. The van der Waals surface area contributed by atoms with Gasteiger partial charge in [0.05, 0.1) is 19.5 Å². The first-order chi connectivity index (χ1) is 18.5. The fourth-order valence-electron chi connectivity index (χ4n) is 4.63. The number of fused-ring (bicyclic) bond motifs is 1. The third-order valence-corrected chi connectivity index (χ3v) is 6.83. The molecule has 4 aromatic rings. The molecule has 0 atom stereocenters. The molecule has 1 aliphatic carbocycles. The van der Waals surface area contributed by atoms with Crippen LogP contribution in [0.4, 0.5) is 17.5 Å². The van der Waals surface area contributed by atoms with E-state index in [2.05, 4.69) is 20.9 Å². The number of nitrogens with one attached hydrogen (secondary N) is 3. The van der Waals surface area contributed by atoms with Crippen LogP contribution in [0, 0.1) is 0 Å². The van der Waals surface area contributed by atoms with Gasteiger partial charge < -0.3 is 30.4 Å². The first kappa shape index (κ1) is 25.5. The normalized spacial score (nSPS) is 17.2. The predicted molar refractivity (Wildman–Crippen MR) is 147 cm³/mol. The Kier molecular flexibility index (Phi) is 7.69. The number of aliphatic hydroxyl groups excluding tert-OH is 1. The molecule has 5 rings (SSSR count). The first-order valence-electron chi connectivity index (χ1n) is 13.0. The Balaban J connectivity index is 1.33. The summed E-state index contributed by atoms with van der Waals surface area (Å²) in [6.07, 6.45) is 4.80. The van der Waals surface area contributed by atoms with E-state index >= 15 is 0 Å². The summed E-state index contributed by atoms with van der Waals surface area (Å²) in [6.45, 7) is 3.18. The number of rotatable bonds is 9. The van der Waals surface area contributed by atoms with Crippen LogP contribution in [0.15, 0.2) is 54.9 Å². The van der Waals surface area contributed by atoms with E-state index in [1.165, 1.54) is 0 Å². The van der Waals surface area contributed by atoms with Crippen molar-refractivity contribution in [1.29, 1.82) is 0 Å². The fourth-order valence-corrected chi connectivity index (χ4v) is 4.63. The summed E-state index contributed by atoms with van der Waals surface area (Å²) in [6, 6.07) is 15.1. The molecule has 198 valence electrons. The number of anilines is 3. The zero-order chi connectivity index (χ0) is 26.5. The quantitative estimate of drug-likeness (QED) is 0.261. The Morgan fingerprint density at radius 3 is 2.63 bits per heavy atom. The van der Waals surface area contributed by atoms with Crippen molar-refractivity contribution in [2.75, 3.05) is 17.7 Å². The summed E-state index contributed by atoms with van der Waals surface area (Å²) in [4.78, 5) is 26.9. The van der Waals surface area contributed by atoms with E-state index in [0.717, 1.165) is 54.9 Å². The number of benzene rings is 2. The van der Waals surface area contributed by atoms with Gasteiger partial charge in [-0.05, 0) is 68.5 Å². The Morgan fingerprint density at radius 2 is 1.89 bits per heavy atom. The largest absolute Gasteiger partial charge is 0.497 e. The average molecular weight is 516 g/mol. The van der Waals surface area contributed by atoms with Crippen LogP contribution < -0.4 is 20.7 Å². The SMILES string of the molecule is CCn1cnc2c(Nc3cccc(C(=O)NCc4ccc(OC)cc4)c3)nc(NC3CCC(O)CC3)nc21. The summed E-state index contributed by atoms with van der Waals surface area (Å²) in [5.41, 5.74) is 3.63. The molecular weight excluding hydrogens is 482 g/mol. The van der Waals surface area contributed by atoms with Gasteiger partial charge in [-0.25, -0.2) is 4.98 Å². The second-order valence-corrected chi connectivity index (χ2v) is 9.48. The van der Waals surface area contributed by atoms with Crippen LogP contribution in [0.1, 0.15) is 48.5 Å². The molecule has 1 fully saturated rings. The Bertz CT molecular complexity index is 1400. The average Bonchev–Trinajstić information content (AvgIpc) is 3.37. The maximum absolute atomic E-state index is 12.9. The molecule has 2 aromatic carbocycles. The monoisotopic (exact) mass is 515 g/mol. The second kappa shape index (κ2) is 11.5. The minimum atomic E-state index is -0.226. The molecule has 0 radical (unpaired) electrons. The van der Waals surface area contributed by atoms with Crippen LogP contribution in [0.3, 0.4) is 0 Å². The zero-order valence-electron chi connectivity index (χ0n) is 21.6. The molecule has 0 spiro atoms. The van der Waals surface area contributed by atoms with Gasteiger partial charge in [0.15, 0.2) is 17.0 Å². The highest BCUT2D eigenvalue weighted by Gasteiger charge is 2.21. The molecule has 1 saturated carbocycles. The van der Waals surface area contributed by atoms with Crippen LogP contribution in [0.25, 0.3) is 11.2 Å². The van der Waals surface area contributed by atoms with Gasteiger partial charge in [-0.2, -0.15) is 9.97 Å². The number of amides is 1. The van der Waals surface area contributed by atoms with Gasteiger partial charge in [0.25, 0.3) is 5.91 Å². The van der Waals surface area contributed by atoms with Crippen molar-refractivity contribution in [1.82, 2.24) is 24.8 Å². The van der Waals surface area contributed by atoms with Crippen LogP contribution in [-0.2, 0) is 13.1 Å². The molecule has 0 bridgehead atoms. The summed E-state index contributed by atoms with van der Waals surface area (Å²) in [7, 11) is 1.62. The van der Waals surface area contributed by atoms with Gasteiger partial charge >= 0.3 is 0 Å². The van der Waals surface area contributed by atoms with Gasteiger partial charge in [0.1, 0.15) is 5.75 Å². The predicted octanol–water partition coefficient (Wildman–Crippen LogP) is 4.24. The Hall–Kier alpha value is -4.18. The standard InChI is InChI=1S/C28H33N7O3/c1-3-35-17-30-24-25(33-28(34-26(24)35)32-20-9-11-22(36)12-10-20)31-21-6-4-5-19(15-21)27(37)29-16-18-7-13-23(38-2)14-8-18/h4-8,13-15,17,20,22,36H,3,9-12,16H2,1-2H3,(H,29,37)(H2,31,32,33,34). The number of aryl methyl sites for hydroxylation is 1. The van der Waals surface area contributed by atoms with Crippen molar-refractivity contribution in [3.8, 4) is 5.75 Å². The van der Waals surface area contributed by atoms with Crippen molar-refractivity contribution in [2.45, 2.75) is 57.8 Å². The number of aromatic nitrogens is 4. The van der Waals surface area contributed by atoms with Gasteiger partial charge in [-0.3, -0.25) is 4.79 Å². The molecule has 10 nitrogen and oxygen atoms in total. The van der Waals surface area contributed by atoms with E-state index in [1.807, 2.05) is 47.9 Å². The lowest BCUT2D eigenvalue weighted by Gasteiger charge is -2.26. The van der Waals surface area contributed by atoms with Crippen molar-refractivity contribution in [3.05, 3.63) is 66.0 Å². The lowest BCUT2D eigenvalue weighted by molar-refractivity contribution is 0.0951. The van der Waals surface area contributed by atoms with E-state index in [1.54, 1.807) is 25.6 Å². The van der Waals surface area contributed by atoms with Gasteiger partial charge in [0, 0.05) is 30.4 Å². The lowest BCUT2D eigenvalue weighted by Crippen LogP contribution is -2.29. The smallest absolute Gasteiger partial charge is 0.251 e. The molecule has 38 heavy (non-hydrogen) atoms. The second-order valence-electron chi connectivity index (χ2n) is 9.48. The maximum Gasteiger partial charge on any atom is 0.251 e. The van der Waals surface area contributed by atoms with Crippen LogP contribution in [0.2, 0.25) is 0 Å². The van der Waals surface area contributed by atoms with Gasteiger partial charge in [-0.15, -0.1) is 0 Å². The van der Waals surface area contributed by atoms with E-state index < -0.39 is 0 Å². The highest BCUT2D eigenvalue weighted by atomic mass is 16.5. The van der Waals surface area contributed by atoms with E-state index in [0.29, 0.717) is 29.4 Å². The van der Waals surface area contributed by atoms with Crippen molar-refractivity contribution in [2.24, 2.45) is 0 Å². The number of methoxy groups -OCH3 is 1. The Morgan fingerprint density at radius 1 is 1.11 bits per heavy atom. The summed E-state index contributed by atoms with van der Waals surface area (Å²) in [5.74, 6) is 1.69. The lowest BCUT2D eigenvalue weighted by atomic mass is 9.93. The van der Waals surface area contributed by atoms with Crippen LogP contribution >= 0.6 is 0 Å². The molecule has 0 unspecified atom stereocenters. The van der Waals surface area contributed by atoms with Crippen LogP contribution in [0.5, 0.6) is 5.75 Å². The number of aliphatic hydroxyl groups is 1. The molecule has 1 amide bonds. The molecule has 2 aromatic heterocycles. The number of ether oxygens (including phenoxy) is 1. The van der Waals surface area contributed by atoms with Gasteiger partial charge in [0.2, 0.25) is 5.95 Å². The molecule has 0 saturated heterocycles. The fraction of sp³-hybridized carbons (Fsp3) is 0.357. The number of hydrogen-bond donors (Lipinski definition) is 4. The summed E-state index contributed by atoms with van der Waals surface area (Å²) >= 11 is 0. The minimum Gasteiger partial charge on any atom is -0.497 e. The van der Waals surface area contributed by atoms with Crippen molar-refractivity contribution in [3.63, 3.8) is 0 Å². The number of imidazole rings is 1. The highest BCUT2D eigenvalue weighted by Crippen LogP contribution is 2.27. The van der Waals surface area contributed by atoms with Crippen LogP contribution in [-0.4, -0.2) is 49.8 Å². The Labute approximate surface area is 221 Å². The third kappa shape index (κ3) is 5.86.